The van der Waals surface area contributed by atoms with Gasteiger partial charge >= 0.3 is 5.97 Å². The zero-order valence-electron chi connectivity index (χ0n) is 8.29. The van der Waals surface area contributed by atoms with Crippen LogP contribution in [-0.2, 0) is 4.79 Å². The van der Waals surface area contributed by atoms with Crippen LogP contribution in [0.15, 0.2) is 60.8 Å². The number of hydrogen-bond acceptors (Lipinski definition) is 1. The minimum Gasteiger partial charge on any atom is -0.478 e. The third kappa shape index (κ3) is 3.27. The van der Waals surface area contributed by atoms with E-state index >= 15 is 0 Å². The monoisotopic (exact) mass is 190 g/mol. The number of aliphatic carboxylic acids is 1. The summed E-state index contributed by atoms with van der Waals surface area (Å²) in [5.41, 5.74) is 1.15. The second kappa shape index (κ2) is 5.75. The lowest BCUT2D eigenvalue weighted by molar-refractivity contribution is -0.132. The minimum absolute atomic E-state index is 0.170. The molecule has 1 N–H and O–H groups in total. The minimum atomic E-state index is -0.995. The normalized spacial score (nSPS) is 11.4. The molecule has 2 nitrogen and oxygen atoms in total. The van der Waals surface area contributed by atoms with Gasteiger partial charge < -0.3 is 5.11 Å². The van der Waals surface area contributed by atoms with E-state index < -0.39 is 5.97 Å². The first-order valence-corrected chi connectivity index (χ1v) is 4.11. The number of carboxylic acids is 1. The summed E-state index contributed by atoms with van der Waals surface area (Å²) in [6.07, 6.45) is 6.44. The van der Waals surface area contributed by atoms with E-state index in [0.717, 1.165) is 0 Å². The highest BCUT2D eigenvalue weighted by molar-refractivity contribution is 5.93. The number of hydrogen-bond donors (Lipinski definition) is 1. The van der Waals surface area contributed by atoms with Crippen molar-refractivity contribution in [3.05, 3.63) is 60.8 Å². The molecule has 0 fully saturated rings. The van der Waals surface area contributed by atoms with Gasteiger partial charge in [0.1, 0.15) is 0 Å². The summed E-state index contributed by atoms with van der Waals surface area (Å²) in [4.78, 5) is 10.7. The smallest absolute Gasteiger partial charge is 0.335 e. The Morgan fingerprint density at radius 2 is 1.93 bits per heavy atom. The Morgan fingerprint density at radius 3 is 2.29 bits per heavy atom. The van der Waals surface area contributed by atoms with Gasteiger partial charge in [-0.1, -0.05) is 44.0 Å². The molecule has 0 aromatic heterocycles. The number of allylic oxidation sites excluding steroid dienone is 5. The largest absolute Gasteiger partial charge is 0.478 e. The van der Waals surface area contributed by atoms with Gasteiger partial charge in [0.2, 0.25) is 0 Å². The van der Waals surface area contributed by atoms with E-state index in [1.807, 2.05) is 0 Å². The molecular formula is C12H14O2. The molecule has 0 aliphatic rings. The van der Waals surface area contributed by atoms with E-state index in [2.05, 4.69) is 19.7 Å². The van der Waals surface area contributed by atoms with Gasteiger partial charge in [-0.3, -0.25) is 0 Å². The molecule has 0 saturated heterocycles. The van der Waals surface area contributed by atoms with Crippen molar-refractivity contribution in [2.45, 2.75) is 6.92 Å². The maximum Gasteiger partial charge on any atom is 0.335 e. The summed E-state index contributed by atoms with van der Waals surface area (Å²) in [5.74, 6) is -0.995. The van der Waals surface area contributed by atoms with Crippen molar-refractivity contribution in [3.63, 3.8) is 0 Å². The summed E-state index contributed by atoms with van der Waals surface area (Å²) in [7, 11) is 0. The highest BCUT2D eigenvalue weighted by Crippen LogP contribution is 2.17. The van der Waals surface area contributed by atoms with Crippen LogP contribution in [0.4, 0.5) is 0 Å². The van der Waals surface area contributed by atoms with Crippen molar-refractivity contribution in [2.24, 2.45) is 0 Å². The van der Waals surface area contributed by atoms with Crippen LogP contribution < -0.4 is 0 Å². The molecule has 0 amide bonds. The van der Waals surface area contributed by atoms with Gasteiger partial charge in [-0.15, -0.1) is 0 Å². The van der Waals surface area contributed by atoms with Crippen LogP contribution in [0.1, 0.15) is 6.92 Å². The van der Waals surface area contributed by atoms with Crippen molar-refractivity contribution < 1.29 is 9.90 Å². The Morgan fingerprint density at radius 1 is 1.36 bits per heavy atom. The fraction of sp³-hybridized carbons (Fsp3) is 0.0833. The molecule has 74 valence electrons. The molecule has 0 saturated carbocycles. The summed E-state index contributed by atoms with van der Waals surface area (Å²) in [6, 6.07) is 0. The van der Waals surface area contributed by atoms with Crippen molar-refractivity contribution in [2.75, 3.05) is 0 Å². The Kier molecular flexibility index (Phi) is 5.00. The highest BCUT2D eigenvalue weighted by Gasteiger charge is 2.10. The summed E-state index contributed by atoms with van der Waals surface area (Å²) in [6.45, 7) is 12.5. The van der Waals surface area contributed by atoms with Crippen molar-refractivity contribution >= 4 is 5.97 Å². The van der Waals surface area contributed by atoms with Crippen LogP contribution in [-0.4, -0.2) is 11.1 Å². The molecule has 0 aromatic rings. The van der Waals surface area contributed by atoms with Gasteiger partial charge in [0.25, 0.3) is 0 Å². The highest BCUT2D eigenvalue weighted by atomic mass is 16.4. The zero-order valence-corrected chi connectivity index (χ0v) is 8.29. The third-order valence-corrected chi connectivity index (χ3v) is 1.67. The van der Waals surface area contributed by atoms with E-state index in [-0.39, 0.29) is 5.57 Å². The van der Waals surface area contributed by atoms with Crippen molar-refractivity contribution in [1.82, 2.24) is 0 Å². The third-order valence-electron chi connectivity index (χ3n) is 1.67. The molecule has 0 bridgehead atoms. The Balaban J connectivity index is 4.78. The lowest BCUT2D eigenvalue weighted by Crippen LogP contribution is -2.03. The van der Waals surface area contributed by atoms with Crippen molar-refractivity contribution in [1.29, 1.82) is 0 Å². The molecule has 0 heterocycles. The van der Waals surface area contributed by atoms with Crippen LogP contribution in [0.2, 0.25) is 0 Å². The molecule has 0 aliphatic carbocycles. The maximum atomic E-state index is 10.7. The lowest BCUT2D eigenvalue weighted by Gasteiger charge is -2.05. The number of carboxylic acid groups (broad SMARTS) is 1. The predicted molar refractivity (Wildman–Crippen MR) is 59.0 cm³/mol. The van der Waals surface area contributed by atoms with E-state index in [1.54, 1.807) is 25.2 Å². The quantitative estimate of drug-likeness (QED) is 0.534. The summed E-state index contributed by atoms with van der Waals surface area (Å²) in [5, 5.41) is 8.80. The predicted octanol–water partition coefficient (Wildman–Crippen LogP) is 2.87. The molecule has 0 spiro atoms. The molecule has 0 unspecified atom stereocenters. The fourth-order valence-electron chi connectivity index (χ4n) is 0.885. The molecule has 0 radical (unpaired) electrons. The van der Waals surface area contributed by atoms with Crippen LogP contribution >= 0.6 is 0 Å². The Bertz CT molecular complexity index is 330. The van der Waals surface area contributed by atoms with E-state index in [0.29, 0.717) is 11.1 Å². The standard InChI is InChI=1S/C12H14O2/c1-5-7-8-9(3)10(4)11(6-2)12(13)14/h5-8H,1,3-4H2,2H3,(H,13,14)/b8-7-,11-6+. The molecule has 0 aromatic carbocycles. The van der Waals surface area contributed by atoms with Gasteiger partial charge in [0.05, 0.1) is 5.57 Å². The first-order valence-electron chi connectivity index (χ1n) is 4.11. The first-order chi connectivity index (χ1) is 6.54. The molecule has 0 rings (SSSR count). The van der Waals surface area contributed by atoms with Gasteiger partial charge in [-0.2, -0.15) is 0 Å². The molecule has 14 heavy (non-hydrogen) atoms. The van der Waals surface area contributed by atoms with Crippen LogP contribution in [0.5, 0.6) is 0 Å². The molecule has 0 atom stereocenters. The zero-order chi connectivity index (χ0) is 11.1. The summed E-state index contributed by atoms with van der Waals surface area (Å²) >= 11 is 0. The molecule has 0 aliphatic heterocycles. The Hall–Kier alpha value is -1.83. The van der Waals surface area contributed by atoms with Gasteiger partial charge in [-0.25, -0.2) is 4.79 Å². The average molecular weight is 190 g/mol. The van der Waals surface area contributed by atoms with Gasteiger partial charge in [0, 0.05) is 0 Å². The first kappa shape index (κ1) is 12.2. The molecule has 2 heteroatoms. The lowest BCUT2D eigenvalue weighted by atomic mass is 10.0. The van der Waals surface area contributed by atoms with Crippen LogP contribution in [0.25, 0.3) is 0 Å². The van der Waals surface area contributed by atoms with Crippen LogP contribution in [0, 0.1) is 0 Å². The van der Waals surface area contributed by atoms with Crippen molar-refractivity contribution in [3.8, 4) is 0 Å². The maximum absolute atomic E-state index is 10.7. The van der Waals surface area contributed by atoms with Crippen LogP contribution in [0.3, 0.4) is 0 Å². The van der Waals surface area contributed by atoms with E-state index in [1.165, 1.54) is 6.08 Å². The van der Waals surface area contributed by atoms with Gasteiger partial charge in [-0.05, 0) is 18.1 Å². The van der Waals surface area contributed by atoms with Gasteiger partial charge in [0.15, 0.2) is 0 Å². The van der Waals surface area contributed by atoms with E-state index in [9.17, 15) is 4.79 Å². The Labute approximate surface area is 84.3 Å². The summed E-state index contributed by atoms with van der Waals surface area (Å²) < 4.78 is 0. The number of carbonyl (C=O) groups is 1. The second-order valence-corrected chi connectivity index (χ2v) is 2.61. The number of rotatable bonds is 5. The van der Waals surface area contributed by atoms with E-state index in [4.69, 9.17) is 5.11 Å². The SMILES string of the molecule is C=C/C=C\C(=C)C(=C)/C(=C\C)C(=O)O. The topological polar surface area (TPSA) is 37.3 Å². The fourth-order valence-corrected chi connectivity index (χ4v) is 0.885. The second-order valence-electron chi connectivity index (χ2n) is 2.61. The molecular weight excluding hydrogens is 176 g/mol. The average Bonchev–Trinajstić information content (AvgIpc) is 2.14.